The molecule has 0 unspecified atom stereocenters. The average Bonchev–Trinajstić information content (AvgIpc) is 1.65. The third-order valence-electron chi connectivity index (χ3n) is 0.254. The molecule has 0 spiro atoms. The Balaban J connectivity index is 0. The van der Waals surface area contributed by atoms with Crippen LogP contribution in [0.2, 0.25) is 0 Å². The van der Waals surface area contributed by atoms with E-state index in [0.29, 0.717) is 0 Å². The Bertz CT molecular complexity index is 75.7. The first-order valence-electron chi connectivity index (χ1n) is 1.29. The quantitative estimate of drug-likeness (QED) is 0.573. The van der Waals surface area contributed by atoms with Gasteiger partial charge in [0.2, 0.25) is 0 Å². The molecule has 0 aromatic carbocycles. The van der Waals surface area contributed by atoms with E-state index < -0.39 is 12.4 Å². The molecule has 0 atom stereocenters. The van der Waals surface area contributed by atoms with Crippen molar-refractivity contribution in [1.29, 1.82) is 0 Å². The highest BCUT2D eigenvalue weighted by molar-refractivity contribution is 5.71. The minimum absolute atomic E-state index is 0. The van der Waals surface area contributed by atoms with Crippen LogP contribution in [0.1, 0.15) is 0 Å². The number of hydrogen-bond donors (Lipinski definition) is 1. The maximum absolute atomic E-state index is 10.7. The van der Waals surface area contributed by atoms with Crippen molar-refractivity contribution in [2.45, 2.75) is 6.43 Å². The molecule has 0 fully saturated rings. The number of rotatable bonds is 1. The molecule has 3 N–H and O–H groups in total. The van der Waals surface area contributed by atoms with E-state index in [1.54, 1.807) is 0 Å². The van der Waals surface area contributed by atoms with Crippen LogP contribution in [0.25, 0.3) is 0 Å². The van der Waals surface area contributed by atoms with Gasteiger partial charge in [-0.05, 0) is 0 Å². The van der Waals surface area contributed by atoms with Crippen LogP contribution < -0.4 is 6.15 Å². The molecule has 0 saturated heterocycles. The highest BCUT2D eigenvalue weighted by atomic mass is 19.3. The minimum atomic E-state index is -3.37. The Morgan fingerprint density at radius 2 is 1.88 bits per heavy atom. The summed E-state index contributed by atoms with van der Waals surface area (Å²) in [6, 6.07) is 0. The highest BCUT2D eigenvalue weighted by Crippen LogP contribution is 1.94. The summed E-state index contributed by atoms with van der Waals surface area (Å²) in [5, 5.41) is 0. The van der Waals surface area contributed by atoms with Crippen LogP contribution in [0.15, 0.2) is 0 Å². The third kappa shape index (κ3) is 3.41. The first-order chi connectivity index (χ1) is 3.18. The molecule has 0 aromatic heterocycles. The Kier molecular flexibility index (Phi) is 5.61. The van der Waals surface area contributed by atoms with E-state index in [1.807, 2.05) is 0 Å². The average molecular weight is 131 g/mol. The third-order valence-corrected chi connectivity index (χ3v) is 0.254. The van der Waals surface area contributed by atoms with Gasteiger partial charge in [0.15, 0.2) is 0 Å². The highest BCUT2D eigenvalue weighted by Gasteiger charge is 2.16. The molecule has 6 heteroatoms. The van der Waals surface area contributed by atoms with Crippen LogP contribution in [0.4, 0.5) is 13.3 Å². The molecule has 0 rings (SSSR count). The van der Waals surface area contributed by atoms with Gasteiger partial charge in [0.25, 0.3) is 0 Å². The monoisotopic (exact) mass is 131 g/mol. The Morgan fingerprint density at radius 1 is 1.50 bits per heavy atom. The molecule has 0 heterocycles. The summed E-state index contributed by atoms with van der Waals surface area (Å²) in [5.74, 6) is -2.15. The molecule has 0 aliphatic heterocycles. The van der Waals surface area contributed by atoms with E-state index in [1.165, 1.54) is 0 Å². The summed E-state index contributed by atoms with van der Waals surface area (Å²) in [7, 11) is 0. The van der Waals surface area contributed by atoms with E-state index in [4.69, 9.17) is 4.79 Å². The summed E-state index contributed by atoms with van der Waals surface area (Å²) in [4.78, 5) is 11.3. The summed E-state index contributed by atoms with van der Waals surface area (Å²) in [6.07, 6.45) is -3.37. The second-order valence-corrected chi connectivity index (χ2v) is 0.697. The number of halogens is 3. The Morgan fingerprint density at radius 3 is 1.88 bits per heavy atom. The van der Waals surface area contributed by atoms with Gasteiger partial charge in [-0.15, -0.1) is 0 Å². The smallest absolute Gasteiger partial charge is 0.344 e. The van der Waals surface area contributed by atoms with E-state index in [0.717, 1.165) is 0 Å². The Hall–Kier alpha value is -0.780. The summed E-state index contributed by atoms with van der Waals surface area (Å²) < 4.78 is 31.7. The standard InChI is InChI=1S/C2HF3O2.H3N/c3-1(4)2(6)7-5;/h1H;1H3. The van der Waals surface area contributed by atoms with Crippen molar-refractivity contribution in [2.24, 2.45) is 0 Å². The van der Waals surface area contributed by atoms with Crippen molar-refractivity contribution in [2.75, 3.05) is 0 Å². The van der Waals surface area contributed by atoms with Crippen LogP contribution >= 0.6 is 0 Å². The van der Waals surface area contributed by atoms with E-state index >= 15 is 0 Å². The molecule has 0 amide bonds. The number of carbonyl (C=O) groups excluding carboxylic acids is 1. The second kappa shape index (κ2) is 4.38. The predicted octanol–water partition coefficient (Wildman–Crippen LogP) is 0.841. The molecule has 0 aliphatic carbocycles. The lowest BCUT2D eigenvalue weighted by molar-refractivity contribution is -0.196. The first kappa shape index (κ1) is 10.3. The Labute approximate surface area is 42.9 Å². The summed E-state index contributed by atoms with van der Waals surface area (Å²) in [6.45, 7) is 0. The topological polar surface area (TPSA) is 61.3 Å². The van der Waals surface area contributed by atoms with Gasteiger partial charge in [-0.2, -0.15) is 8.78 Å². The number of carbonyl (C=O) groups is 1. The normalized spacial score (nSPS) is 8.00. The molecule has 3 nitrogen and oxygen atoms in total. The molecule has 0 bridgehead atoms. The molecular formula is C2H4F3NO2. The van der Waals surface area contributed by atoms with E-state index in [2.05, 4.69) is 4.94 Å². The van der Waals surface area contributed by atoms with Crippen LogP contribution in [0.3, 0.4) is 0 Å². The zero-order chi connectivity index (χ0) is 5.86. The molecule has 0 aromatic rings. The maximum atomic E-state index is 10.7. The van der Waals surface area contributed by atoms with Gasteiger partial charge in [0.1, 0.15) is 0 Å². The van der Waals surface area contributed by atoms with Crippen molar-refractivity contribution in [3.63, 3.8) is 0 Å². The number of hydrogen-bond acceptors (Lipinski definition) is 3. The molecule has 0 saturated carbocycles. The molecular weight excluding hydrogens is 127 g/mol. The molecule has 0 aliphatic rings. The predicted molar refractivity (Wildman–Crippen MR) is 18.2 cm³/mol. The molecule has 50 valence electrons. The number of alkyl halides is 2. The lowest BCUT2D eigenvalue weighted by Crippen LogP contribution is -2.08. The van der Waals surface area contributed by atoms with Crippen LogP contribution in [0.5, 0.6) is 0 Å². The van der Waals surface area contributed by atoms with Gasteiger partial charge in [-0.25, -0.2) is 9.74 Å². The zero-order valence-corrected chi connectivity index (χ0v) is 3.73. The summed E-state index contributed by atoms with van der Waals surface area (Å²) >= 11 is 0. The summed E-state index contributed by atoms with van der Waals surface area (Å²) in [5.41, 5.74) is 0. The second-order valence-electron chi connectivity index (χ2n) is 0.697. The van der Waals surface area contributed by atoms with Gasteiger partial charge >= 0.3 is 12.4 Å². The van der Waals surface area contributed by atoms with E-state index in [-0.39, 0.29) is 6.15 Å². The fourth-order valence-corrected chi connectivity index (χ4v) is 0.0337. The SMILES string of the molecule is N.O=C(OF)C(F)F. The van der Waals surface area contributed by atoms with Gasteiger partial charge in [-0.1, -0.05) is 0 Å². The van der Waals surface area contributed by atoms with Gasteiger partial charge < -0.3 is 6.15 Å². The van der Waals surface area contributed by atoms with Crippen molar-refractivity contribution in [3.05, 3.63) is 0 Å². The van der Waals surface area contributed by atoms with Gasteiger partial charge in [0, 0.05) is 4.53 Å². The van der Waals surface area contributed by atoms with Gasteiger partial charge in [-0.3, -0.25) is 0 Å². The fraction of sp³-hybridized carbons (Fsp3) is 0.500. The maximum Gasteiger partial charge on any atom is 0.414 e. The van der Waals surface area contributed by atoms with Crippen molar-refractivity contribution >= 4 is 5.97 Å². The molecule has 0 radical (unpaired) electrons. The lowest BCUT2D eigenvalue weighted by Gasteiger charge is -1.85. The van der Waals surface area contributed by atoms with E-state index in [9.17, 15) is 13.3 Å². The van der Waals surface area contributed by atoms with Gasteiger partial charge in [0.05, 0.1) is 0 Å². The van der Waals surface area contributed by atoms with Crippen molar-refractivity contribution in [1.82, 2.24) is 6.15 Å². The fourth-order valence-electron chi connectivity index (χ4n) is 0.0337. The van der Waals surface area contributed by atoms with Crippen molar-refractivity contribution in [3.8, 4) is 0 Å². The van der Waals surface area contributed by atoms with Crippen LogP contribution in [0, 0.1) is 0 Å². The zero-order valence-electron chi connectivity index (χ0n) is 3.73. The van der Waals surface area contributed by atoms with Crippen LogP contribution in [-0.2, 0) is 9.74 Å². The first-order valence-corrected chi connectivity index (χ1v) is 1.29. The van der Waals surface area contributed by atoms with Crippen molar-refractivity contribution < 1.29 is 23.0 Å². The lowest BCUT2D eigenvalue weighted by atomic mass is 10.7. The van der Waals surface area contributed by atoms with Crippen LogP contribution in [-0.4, -0.2) is 12.4 Å². The minimum Gasteiger partial charge on any atom is -0.344 e. The molecule has 8 heavy (non-hydrogen) atoms. The largest absolute Gasteiger partial charge is 0.414 e.